The molecule has 0 unspecified atom stereocenters. The van der Waals surface area contributed by atoms with Gasteiger partial charge in [0.25, 0.3) is 0 Å². The first-order valence-corrected chi connectivity index (χ1v) is 14.8. The van der Waals surface area contributed by atoms with E-state index < -0.39 is 41.1 Å². The molecule has 0 aromatic heterocycles. The molecule has 43 heavy (non-hydrogen) atoms. The third-order valence-electron chi connectivity index (χ3n) is 9.08. The molecule has 1 saturated heterocycles. The zero-order valence-electron chi connectivity index (χ0n) is 24.4. The van der Waals surface area contributed by atoms with E-state index in [4.69, 9.17) is 9.47 Å². The quantitative estimate of drug-likeness (QED) is 0.390. The van der Waals surface area contributed by atoms with E-state index in [9.17, 15) is 27.6 Å². The highest BCUT2D eigenvalue weighted by atomic mass is 19.4. The molecule has 7 nitrogen and oxygen atoms in total. The maximum absolute atomic E-state index is 14.1. The van der Waals surface area contributed by atoms with Gasteiger partial charge in [-0.05, 0) is 61.4 Å². The monoisotopic (exact) mass is 598 g/mol. The number of likely N-dealkylation sites (tertiary alicyclic amines) is 1. The molecule has 0 spiro atoms. The van der Waals surface area contributed by atoms with Gasteiger partial charge >= 0.3 is 12.1 Å². The molecular weight excluding hydrogens is 561 g/mol. The number of carbonyl (C=O) groups excluding carboxylic acids is 3. The Hall–Kier alpha value is -3.66. The average molecular weight is 599 g/mol. The van der Waals surface area contributed by atoms with E-state index in [-0.39, 0.29) is 43.5 Å². The number of ether oxygens (including phenoxy) is 2. The molecule has 1 saturated carbocycles. The predicted molar refractivity (Wildman–Crippen MR) is 152 cm³/mol. The Morgan fingerprint density at radius 3 is 2.44 bits per heavy atom. The molecule has 2 aromatic carbocycles. The zero-order valence-corrected chi connectivity index (χ0v) is 24.4. The summed E-state index contributed by atoms with van der Waals surface area (Å²) in [6, 6.07) is 14.2. The fourth-order valence-corrected chi connectivity index (χ4v) is 6.83. The van der Waals surface area contributed by atoms with Crippen LogP contribution in [0.25, 0.3) is 0 Å². The number of amides is 2. The van der Waals surface area contributed by atoms with E-state index in [0.29, 0.717) is 11.6 Å². The molecule has 0 bridgehead atoms. The van der Waals surface area contributed by atoms with Crippen LogP contribution < -0.4 is 5.32 Å². The van der Waals surface area contributed by atoms with E-state index in [1.165, 1.54) is 19.2 Å². The molecule has 2 heterocycles. The van der Waals surface area contributed by atoms with Crippen LogP contribution in [0, 0.1) is 17.3 Å². The van der Waals surface area contributed by atoms with Gasteiger partial charge < -0.3 is 19.7 Å². The number of carbonyl (C=O) groups is 3. The van der Waals surface area contributed by atoms with Crippen molar-refractivity contribution in [1.82, 2.24) is 10.2 Å². The lowest BCUT2D eigenvalue weighted by Crippen LogP contribution is -2.60. The summed E-state index contributed by atoms with van der Waals surface area (Å²) in [4.78, 5) is 42.5. The number of hydrogen-bond acceptors (Lipinski definition) is 5. The molecule has 2 amide bonds. The number of halogens is 3. The number of hydrogen-bond donors (Lipinski definition) is 1. The molecule has 5 rings (SSSR count). The Morgan fingerprint density at radius 1 is 1.07 bits per heavy atom. The van der Waals surface area contributed by atoms with Gasteiger partial charge in [0.05, 0.1) is 31.4 Å². The van der Waals surface area contributed by atoms with Crippen LogP contribution in [0.1, 0.15) is 62.1 Å². The minimum Gasteiger partial charge on any atom is -0.468 e. The van der Waals surface area contributed by atoms with Crippen molar-refractivity contribution in [3.8, 4) is 0 Å². The SMILES string of the molecule is COC(=O)[C@]12C[C@H](CC(=O)NCc3cccc(C(F)(F)F)c3)C(=O)N(Cc3ccccc3)C1=C[C@H](C1CCCC1)O[C@@H]2C. The van der Waals surface area contributed by atoms with Gasteiger partial charge in [-0.3, -0.25) is 14.4 Å². The van der Waals surface area contributed by atoms with Crippen LogP contribution in [0.5, 0.6) is 0 Å². The molecule has 2 fully saturated rings. The first-order valence-electron chi connectivity index (χ1n) is 14.8. The number of fused-ring (bicyclic) bond motifs is 1. The Labute approximate surface area is 249 Å². The largest absolute Gasteiger partial charge is 0.468 e. The highest BCUT2D eigenvalue weighted by Gasteiger charge is 2.60. The first-order chi connectivity index (χ1) is 20.5. The molecule has 0 radical (unpaired) electrons. The summed E-state index contributed by atoms with van der Waals surface area (Å²) >= 11 is 0. The zero-order chi connectivity index (χ0) is 30.8. The number of benzene rings is 2. The summed E-state index contributed by atoms with van der Waals surface area (Å²) in [6.07, 6.45) is 0.567. The Kier molecular flexibility index (Phi) is 8.96. The average Bonchev–Trinajstić information content (AvgIpc) is 3.54. The van der Waals surface area contributed by atoms with Crippen molar-refractivity contribution in [3.05, 3.63) is 83.1 Å². The van der Waals surface area contributed by atoms with Gasteiger partial charge in [0.1, 0.15) is 5.41 Å². The third kappa shape index (κ3) is 6.34. The van der Waals surface area contributed by atoms with E-state index in [0.717, 1.165) is 43.4 Å². The second-order valence-corrected chi connectivity index (χ2v) is 11.8. The van der Waals surface area contributed by atoms with Crippen LogP contribution in [0.3, 0.4) is 0 Å². The molecule has 2 aromatic rings. The van der Waals surface area contributed by atoms with Gasteiger partial charge in [-0.1, -0.05) is 55.3 Å². The summed E-state index contributed by atoms with van der Waals surface area (Å²) in [5, 5.41) is 2.65. The van der Waals surface area contributed by atoms with Gasteiger partial charge in [0, 0.05) is 24.6 Å². The van der Waals surface area contributed by atoms with Crippen LogP contribution in [0.4, 0.5) is 13.2 Å². The van der Waals surface area contributed by atoms with E-state index >= 15 is 0 Å². The number of nitrogens with zero attached hydrogens (tertiary/aromatic N) is 1. The molecule has 1 N–H and O–H groups in total. The highest BCUT2D eigenvalue weighted by molar-refractivity contribution is 5.92. The fourth-order valence-electron chi connectivity index (χ4n) is 6.83. The maximum Gasteiger partial charge on any atom is 0.416 e. The smallest absolute Gasteiger partial charge is 0.416 e. The number of alkyl halides is 3. The minimum atomic E-state index is -4.50. The van der Waals surface area contributed by atoms with Crippen LogP contribution in [0.15, 0.2) is 66.4 Å². The molecule has 4 atom stereocenters. The first kappa shape index (κ1) is 30.8. The Balaban J connectivity index is 1.44. The second kappa shape index (κ2) is 12.5. The summed E-state index contributed by atoms with van der Waals surface area (Å²) < 4.78 is 51.2. The van der Waals surface area contributed by atoms with Gasteiger partial charge in [0.15, 0.2) is 0 Å². The normalized spacial score (nSPS) is 26.1. The van der Waals surface area contributed by atoms with Gasteiger partial charge in [0.2, 0.25) is 11.8 Å². The molecular formula is C33H37F3N2O5. The number of rotatable bonds is 8. The molecule has 230 valence electrons. The van der Waals surface area contributed by atoms with Crippen LogP contribution in [0.2, 0.25) is 0 Å². The number of methoxy groups -OCH3 is 1. The summed E-state index contributed by atoms with van der Waals surface area (Å²) in [5.41, 5.74) is -0.406. The second-order valence-electron chi connectivity index (χ2n) is 11.8. The van der Waals surface area contributed by atoms with Crippen molar-refractivity contribution in [2.75, 3.05) is 7.11 Å². The Bertz CT molecular complexity index is 1370. The van der Waals surface area contributed by atoms with E-state index in [2.05, 4.69) is 5.32 Å². The molecule has 3 aliphatic rings. The van der Waals surface area contributed by atoms with Crippen LogP contribution >= 0.6 is 0 Å². The van der Waals surface area contributed by atoms with Crippen molar-refractivity contribution in [2.24, 2.45) is 17.3 Å². The summed E-state index contributed by atoms with van der Waals surface area (Å²) in [5.74, 6) is -1.91. The van der Waals surface area contributed by atoms with Crippen molar-refractivity contribution in [1.29, 1.82) is 0 Å². The highest BCUT2D eigenvalue weighted by Crippen LogP contribution is 2.52. The summed E-state index contributed by atoms with van der Waals surface area (Å²) in [7, 11) is 1.30. The Morgan fingerprint density at radius 2 is 1.77 bits per heavy atom. The van der Waals surface area contributed by atoms with Crippen molar-refractivity contribution in [3.63, 3.8) is 0 Å². The number of nitrogens with one attached hydrogen (secondary N) is 1. The standard InChI is InChI=1S/C33H37F3N2O5/c1-21-32(31(41)42-2)18-25(16-29(39)37-19-23-11-8-14-26(15-23)33(34,35)36)30(40)38(20-22-9-4-3-5-10-22)28(32)17-27(43-21)24-12-6-7-13-24/h3-5,8-11,14-15,17,21,24-25,27H,6-7,12-13,16,18-20H2,1-2H3,(H,37,39)/t21-,25+,27-,32+/m1/s1. The van der Waals surface area contributed by atoms with Crippen molar-refractivity contribution >= 4 is 17.8 Å². The van der Waals surface area contributed by atoms with Crippen molar-refractivity contribution in [2.45, 2.75) is 76.9 Å². The lowest BCUT2D eigenvalue weighted by atomic mass is 9.66. The topological polar surface area (TPSA) is 84.9 Å². The molecule has 10 heteroatoms. The van der Waals surface area contributed by atoms with Crippen molar-refractivity contribution < 1.29 is 37.0 Å². The number of piperidine rings is 1. The van der Waals surface area contributed by atoms with Gasteiger partial charge in [-0.15, -0.1) is 0 Å². The summed E-state index contributed by atoms with van der Waals surface area (Å²) in [6.45, 7) is 1.90. The van der Waals surface area contributed by atoms with E-state index in [1.54, 1.807) is 4.90 Å². The lowest BCUT2D eigenvalue weighted by molar-refractivity contribution is -0.178. The van der Waals surface area contributed by atoms with E-state index in [1.807, 2.05) is 43.3 Å². The van der Waals surface area contributed by atoms with Crippen LogP contribution in [-0.2, 0) is 43.1 Å². The van der Waals surface area contributed by atoms with Crippen LogP contribution in [-0.4, -0.2) is 42.0 Å². The third-order valence-corrected chi connectivity index (χ3v) is 9.08. The maximum atomic E-state index is 14.1. The molecule has 1 aliphatic carbocycles. The minimum absolute atomic E-state index is 0.0190. The van der Waals surface area contributed by atoms with Gasteiger partial charge in [-0.2, -0.15) is 13.2 Å². The van der Waals surface area contributed by atoms with Gasteiger partial charge in [-0.25, -0.2) is 0 Å². The fraction of sp³-hybridized carbons (Fsp3) is 0.485. The lowest BCUT2D eigenvalue weighted by Gasteiger charge is -2.52. The number of esters is 1. The molecule has 2 aliphatic heterocycles. The predicted octanol–water partition coefficient (Wildman–Crippen LogP) is 5.78.